The van der Waals surface area contributed by atoms with Gasteiger partial charge in [0.1, 0.15) is 12.4 Å². The molecule has 0 N–H and O–H groups in total. The summed E-state index contributed by atoms with van der Waals surface area (Å²) < 4.78 is 4.28. The molecule has 5 heteroatoms. The van der Waals surface area contributed by atoms with Crippen molar-refractivity contribution in [2.45, 2.75) is 42.0 Å². The summed E-state index contributed by atoms with van der Waals surface area (Å²) in [7, 11) is 4.14. The Bertz CT molecular complexity index is 449. The topological polar surface area (TPSA) is 8.81 Å². The monoisotopic (exact) mass is 530 g/mol. The number of hydrogen-bond donors (Lipinski definition) is 0. The molecule has 0 fully saturated rings. The molecule has 0 bridgehead atoms. The molecule has 0 aliphatic rings. The smallest absolute Gasteiger partial charge is 0.233 e. The van der Waals surface area contributed by atoms with E-state index in [9.17, 15) is 0 Å². The van der Waals surface area contributed by atoms with Crippen molar-refractivity contribution in [1.29, 1.82) is 0 Å². The minimum absolute atomic E-state index is 0. The maximum atomic E-state index is 2.16. The zero-order valence-electron chi connectivity index (χ0n) is 14.6. The Labute approximate surface area is 213 Å². The van der Waals surface area contributed by atoms with Crippen LogP contribution in [0, 0.1) is 6.92 Å². The van der Waals surface area contributed by atoms with E-state index in [1.807, 2.05) is 27.7 Å². The third kappa shape index (κ3) is 10.6. The Morgan fingerprint density at radius 1 is 0.909 bits per heavy atom. The Morgan fingerprint density at radius 2 is 1.36 bits per heavy atom. The molecule has 1 heterocycles. The molecule has 0 unspecified atom stereocenters. The van der Waals surface area contributed by atoms with Crippen LogP contribution in [0.2, 0.25) is 0 Å². The number of nitrogens with zero attached hydrogens (tertiary/aromatic N) is 2. The van der Waals surface area contributed by atoms with Crippen molar-refractivity contribution in [2.75, 3.05) is 0 Å². The van der Waals surface area contributed by atoms with Gasteiger partial charge >= 0.3 is 0 Å². The van der Waals surface area contributed by atoms with Crippen LogP contribution in [-0.4, -0.2) is 4.57 Å². The first kappa shape index (κ1) is 35.0. The van der Waals surface area contributed by atoms with Crippen LogP contribution in [0.4, 0.5) is 0 Å². The largest absolute Gasteiger partial charge is 0.288 e. The van der Waals surface area contributed by atoms with Gasteiger partial charge in [-0.3, -0.25) is 0 Å². The molecule has 0 spiro atoms. The summed E-state index contributed by atoms with van der Waals surface area (Å²) in [6.07, 6.45) is 4.14. The normalized spacial score (nSPS) is 7.23. The molecular formula is C17H31N2Y3+. The van der Waals surface area contributed by atoms with Crippen molar-refractivity contribution in [3.8, 4) is 11.4 Å². The summed E-state index contributed by atoms with van der Waals surface area (Å²) in [6.45, 7) is 10.1. The quantitative estimate of drug-likeness (QED) is 0.481. The van der Waals surface area contributed by atoms with Crippen molar-refractivity contribution >= 4 is 0 Å². The zero-order valence-corrected chi connectivity index (χ0v) is 23.1. The summed E-state index contributed by atoms with van der Waals surface area (Å²) in [4.78, 5) is 0. The van der Waals surface area contributed by atoms with E-state index in [2.05, 4.69) is 66.8 Å². The van der Waals surface area contributed by atoms with Gasteiger partial charge in [-0.1, -0.05) is 53.3 Å². The van der Waals surface area contributed by atoms with E-state index in [0.717, 1.165) is 0 Å². The maximum Gasteiger partial charge on any atom is 0.288 e. The molecule has 0 aliphatic heterocycles. The fourth-order valence-electron chi connectivity index (χ4n) is 1.79. The van der Waals surface area contributed by atoms with E-state index < -0.39 is 0 Å². The predicted octanol–water partition coefficient (Wildman–Crippen LogP) is 4.51. The van der Waals surface area contributed by atoms with Crippen LogP contribution in [0.3, 0.4) is 0 Å². The molecule has 2 nitrogen and oxygen atoms in total. The summed E-state index contributed by atoms with van der Waals surface area (Å²) in [5, 5.41) is 0. The van der Waals surface area contributed by atoms with Gasteiger partial charge < -0.3 is 0 Å². The Kier molecular flexibility index (Phi) is 33.0. The maximum absolute atomic E-state index is 2.16. The Morgan fingerprint density at radius 3 is 1.73 bits per heavy atom. The standard InChI is InChI=1S/C12H15N2.2C2H6.CH4.3Y/c1-10-6-4-5-7-11(10)12-13(2)8-9-14(12)3;2*1-2;;;;/h4-9H,1-3H3;2*1-2H3;1H4;;;/q+1;;;;;;. The molecule has 1 aromatic heterocycles. The molecule has 117 valence electrons. The van der Waals surface area contributed by atoms with Gasteiger partial charge in [-0.2, -0.15) is 0 Å². The van der Waals surface area contributed by atoms with E-state index >= 15 is 0 Å². The third-order valence-electron chi connectivity index (χ3n) is 2.57. The number of aromatic nitrogens is 2. The van der Waals surface area contributed by atoms with E-state index in [1.165, 1.54) is 17.0 Å². The molecule has 0 saturated carbocycles. The minimum Gasteiger partial charge on any atom is -0.233 e. The number of imidazole rings is 1. The number of aryl methyl sites for hydroxylation is 3. The van der Waals surface area contributed by atoms with E-state index in [1.54, 1.807) is 0 Å². The van der Waals surface area contributed by atoms with Crippen molar-refractivity contribution in [1.82, 2.24) is 4.57 Å². The van der Waals surface area contributed by atoms with Crippen LogP contribution >= 0.6 is 0 Å². The second-order valence-corrected chi connectivity index (χ2v) is 3.66. The van der Waals surface area contributed by atoms with E-state index in [4.69, 9.17) is 0 Å². The minimum atomic E-state index is 0. The summed E-state index contributed by atoms with van der Waals surface area (Å²) in [6, 6.07) is 8.45. The van der Waals surface area contributed by atoms with Crippen molar-refractivity contribution in [3.05, 3.63) is 42.2 Å². The van der Waals surface area contributed by atoms with Crippen molar-refractivity contribution in [2.24, 2.45) is 14.1 Å². The Balaban J connectivity index is -0.000000112. The van der Waals surface area contributed by atoms with Gasteiger partial charge in [0.2, 0.25) is 0 Å². The van der Waals surface area contributed by atoms with Crippen LogP contribution < -0.4 is 4.57 Å². The summed E-state index contributed by atoms with van der Waals surface area (Å²) in [5.41, 5.74) is 2.60. The van der Waals surface area contributed by atoms with Gasteiger partial charge in [0.25, 0.3) is 5.82 Å². The first-order valence-electron chi connectivity index (χ1n) is 6.77. The fourth-order valence-corrected chi connectivity index (χ4v) is 1.79. The SMILES string of the molecule is C.CC.CC.Cc1ccccc1-c1n(C)cc[n+]1C.[Y].[Y].[Y]. The molecule has 0 aliphatic carbocycles. The summed E-state index contributed by atoms with van der Waals surface area (Å²) >= 11 is 0. The number of rotatable bonds is 1. The molecule has 2 rings (SSSR count). The van der Waals surface area contributed by atoms with Gasteiger partial charge in [0.15, 0.2) is 0 Å². The molecule has 1 aromatic carbocycles. The predicted molar refractivity (Wildman–Crippen MR) is 86.2 cm³/mol. The fraction of sp³-hybridized carbons (Fsp3) is 0.471. The average Bonchev–Trinajstić information content (AvgIpc) is 2.75. The van der Waals surface area contributed by atoms with Crippen LogP contribution in [0.15, 0.2) is 36.7 Å². The zero-order chi connectivity index (χ0) is 14.1. The van der Waals surface area contributed by atoms with Gasteiger partial charge in [0, 0.05) is 98.1 Å². The first-order valence-corrected chi connectivity index (χ1v) is 6.77. The molecule has 0 saturated heterocycles. The third-order valence-corrected chi connectivity index (χ3v) is 2.57. The first-order chi connectivity index (χ1) is 8.70. The second-order valence-electron chi connectivity index (χ2n) is 3.66. The average molecular weight is 530 g/mol. The molecule has 2 aromatic rings. The number of hydrogen-bond acceptors (Lipinski definition) is 0. The van der Waals surface area contributed by atoms with Crippen LogP contribution in [0.1, 0.15) is 40.7 Å². The second kappa shape index (κ2) is 20.8. The van der Waals surface area contributed by atoms with Crippen molar-refractivity contribution in [3.63, 3.8) is 0 Å². The molecule has 3 radical (unpaired) electrons. The van der Waals surface area contributed by atoms with Gasteiger partial charge in [0.05, 0.1) is 19.7 Å². The van der Waals surface area contributed by atoms with E-state index in [0.29, 0.717) is 0 Å². The van der Waals surface area contributed by atoms with Gasteiger partial charge in [-0.05, 0) is 18.6 Å². The van der Waals surface area contributed by atoms with Crippen LogP contribution in [0.25, 0.3) is 11.4 Å². The van der Waals surface area contributed by atoms with Crippen molar-refractivity contribution < 1.29 is 103 Å². The molecule has 22 heavy (non-hydrogen) atoms. The molecular weight excluding hydrogens is 499 g/mol. The molecule has 0 amide bonds. The Hall–Kier alpha value is 1.74. The van der Waals surface area contributed by atoms with Gasteiger partial charge in [-0.15, -0.1) is 0 Å². The number of benzene rings is 1. The molecule has 0 atom stereocenters. The van der Waals surface area contributed by atoms with Crippen LogP contribution in [-0.2, 0) is 112 Å². The van der Waals surface area contributed by atoms with E-state index in [-0.39, 0.29) is 106 Å². The van der Waals surface area contributed by atoms with Crippen LogP contribution in [0.5, 0.6) is 0 Å². The van der Waals surface area contributed by atoms with Gasteiger partial charge in [-0.25, -0.2) is 9.13 Å². The summed E-state index contributed by atoms with van der Waals surface area (Å²) in [5.74, 6) is 1.24.